The summed E-state index contributed by atoms with van der Waals surface area (Å²) in [5.41, 5.74) is 4.17. The molecule has 2 rings (SSSR count). The van der Waals surface area contributed by atoms with Crippen molar-refractivity contribution in [1.29, 1.82) is 0 Å². The van der Waals surface area contributed by atoms with E-state index in [4.69, 9.17) is 0 Å². The molecule has 0 unspecified atom stereocenters. The van der Waals surface area contributed by atoms with Gasteiger partial charge in [-0.05, 0) is 41.9 Å². The highest BCUT2D eigenvalue weighted by molar-refractivity contribution is 9.10. The van der Waals surface area contributed by atoms with Crippen molar-refractivity contribution in [1.82, 2.24) is 20.1 Å². The lowest BCUT2D eigenvalue weighted by molar-refractivity contribution is 0.581. The summed E-state index contributed by atoms with van der Waals surface area (Å²) in [5.74, 6) is 0. The number of hydrogen-bond acceptors (Lipinski definition) is 3. The van der Waals surface area contributed by atoms with Gasteiger partial charge in [0.1, 0.15) is 0 Å². The summed E-state index contributed by atoms with van der Waals surface area (Å²) in [5, 5.41) is 7.91. The highest BCUT2D eigenvalue weighted by atomic mass is 79.9. The molecular weight excluding hydrogens is 304 g/mol. The molecule has 4 nitrogen and oxygen atoms in total. The zero-order valence-electron chi connectivity index (χ0n) is 11.7. The summed E-state index contributed by atoms with van der Waals surface area (Å²) in [4.78, 5) is 4.38. The molecule has 0 aliphatic carbocycles. The van der Waals surface area contributed by atoms with Gasteiger partial charge in [-0.1, -0.05) is 13.8 Å². The molecule has 102 valence electrons. The fourth-order valence-electron chi connectivity index (χ4n) is 1.88. The first-order valence-corrected chi connectivity index (χ1v) is 7.18. The lowest BCUT2D eigenvalue weighted by atomic mass is 10.3. The summed E-state index contributed by atoms with van der Waals surface area (Å²) < 4.78 is 3.01. The third kappa shape index (κ3) is 3.22. The van der Waals surface area contributed by atoms with Crippen molar-refractivity contribution >= 4 is 15.9 Å². The molecule has 2 aromatic rings. The van der Waals surface area contributed by atoms with E-state index >= 15 is 0 Å². The van der Waals surface area contributed by atoms with E-state index in [1.807, 2.05) is 23.9 Å². The molecule has 19 heavy (non-hydrogen) atoms. The number of rotatable bonds is 4. The van der Waals surface area contributed by atoms with Crippen LogP contribution in [0.15, 0.2) is 22.8 Å². The van der Waals surface area contributed by atoms with Gasteiger partial charge in [0.15, 0.2) is 0 Å². The molecule has 0 atom stereocenters. The van der Waals surface area contributed by atoms with Gasteiger partial charge in [0.25, 0.3) is 0 Å². The molecule has 1 N–H and O–H groups in total. The van der Waals surface area contributed by atoms with E-state index in [0.29, 0.717) is 6.04 Å². The fourth-order valence-corrected chi connectivity index (χ4v) is 2.12. The SMILES string of the molecule is Cc1nn(-c2ccnc(CNC(C)C)c2)c(C)c1Br. The van der Waals surface area contributed by atoms with Crippen LogP contribution in [0, 0.1) is 13.8 Å². The standard InChI is InChI=1S/C14H19BrN4/c1-9(2)17-8-12-7-13(5-6-16-12)19-11(4)14(15)10(3)18-19/h5-7,9,17H,8H2,1-4H3. The molecule has 2 aromatic heterocycles. The minimum absolute atomic E-state index is 0.452. The number of nitrogens with zero attached hydrogens (tertiary/aromatic N) is 3. The van der Waals surface area contributed by atoms with Gasteiger partial charge in [-0.15, -0.1) is 0 Å². The zero-order valence-corrected chi connectivity index (χ0v) is 13.3. The first kappa shape index (κ1) is 14.2. The van der Waals surface area contributed by atoms with Crippen molar-refractivity contribution in [2.24, 2.45) is 0 Å². The number of hydrogen-bond donors (Lipinski definition) is 1. The fraction of sp³-hybridized carbons (Fsp3) is 0.429. The predicted molar refractivity (Wildman–Crippen MR) is 80.5 cm³/mol. The van der Waals surface area contributed by atoms with Crippen LogP contribution in [0.5, 0.6) is 0 Å². The number of pyridine rings is 1. The molecule has 0 spiro atoms. The van der Waals surface area contributed by atoms with Gasteiger partial charge >= 0.3 is 0 Å². The van der Waals surface area contributed by atoms with Crippen LogP contribution in [0.4, 0.5) is 0 Å². The van der Waals surface area contributed by atoms with Gasteiger partial charge in [0, 0.05) is 18.8 Å². The van der Waals surface area contributed by atoms with Crippen LogP contribution in [0.1, 0.15) is 30.9 Å². The van der Waals surface area contributed by atoms with Crippen molar-refractivity contribution in [2.45, 2.75) is 40.3 Å². The zero-order chi connectivity index (χ0) is 14.0. The molecular formula is C14H19BrN4. The summed E-state index contributed by atoms with van der Waals surface area (Å²) in [6.07, 6.45) is 1.83. The molecule has 0 saturated carbocycles. The molecule has 0 aliphatic heterocycles. The van der Waals surface area contributed by atoms with Gasteiger partial charge in [-0.3, -0.25) is 4.98 Å². The molecule has 0 bridgehead atoms. The smallest absolute Gasteiger partial charge is 0.0743 e. The van der Waals surface area contributed by atoms with Crippen LogP contribution in [0.2, 0.25) is 0 Å². The van der Waals surface area contributed by atoms with Crippen LogP contribution >= 0.6 is 15.9 Å². The van der Waals surface area contributed by atoms with Crippen molar-refractivity contribution < 1.29 is 0 Å². The minimum Gasteiger partial charge on any atom is -0.309 e. The van der Waals surface area contributed by atoms with E-state index in [2.05, 4.69) is 58.2 Å². The topological polar surface area (TPSA) is 42.7 Å². The van der Waals surface area contributed by atoms with Gasteiger partial charge in [-0.2, -0.15) is 5.10 Å². The Kier molecular flexibility index (Phi) is 4.37. The second-order valence-corrected chi connectivity index (χ2v) is 5.73. The highest BCUT2D eigenvalue weighted by Crippen LogP contribution is 2.22. The number of aromatic nitrogens is 3. The van der Waals surface area contributed by atoms with E-state index in [1.165, 1.54) is 0 Å². The molecule has 0 aromatic carbocycles. The molecule has 5 heteroatoms. The first-order valence-electron chi connectivity index (χ1n) is 6.39. The first-order chi connectivity index (χ1) is 8.99. The highest BCUT2D eigenvalue weighted by Gasteiger charge is 2.10. The lowest BCUT2D eigenvalue weighted by Gasteiger charge is -2.09. The minimum atomic E-state index is 0.452. The van der Waals surface area contributed by atoms with Crippen molar-refractivity contribution in [3.8, 4) is 5.69 Å². The largest absolute Gasteiger partial charge is 0.309 e. The lowest BCUT2D eigenvalue weighted by Crippen LogP contribution is -2.22. The number of halogens is 1. The molecule has 0 radical (unpaired) electrons. The van der Waals surface area contributed by atoms with Crippen LogP contribution in [-0.2, 0) is 6.54 Å². The van der Waals surface area contributed by atoms with Crippen molar-refractivity contribution in [3.05, 3.63) is 39.9 Å². The Morgan fingerprint density at radius 3 is 2.68 bits per heavy atom. The molecule has 0 amide bonds. The van der Waals surface area contributed by atoms with Crippen LogP contribution in [-0.4, -0.2) is 20.8 Å². The van der Waals surface area contributed by atoms with Crippen molar-refractivity contribution in [2.75, 3.05) is 0 Å². The van der Waals surface area contributed by atoms with E-state index in [-0.39, 0.29) is 0 Å². The predicted octanol–water partition coefficient (Wildman–Crippen LogP) is 3.14. The molecule has 2 heterocycles. The van der Waals surface area contributed by atoms with Crippen LogP contribution in [0.25, 0.3) is 5.69 Å². The maximum absolute atomic E-state index is 4.54. The van der Waals surface area contributed by atoms with Gasteiger partial charge < -0.3 is 5.32 Å². The van der Waals surface area contributed by atoms with Gasteiger partial charge in [0.05, 0.1) is 27.2 Å². The van der Waals surface area contributed by atoms with E-state index in [9.17, 15) is 0 Å². The second-order valence-electron chi connectivity index (χ2n) is 4.94. The van der Waals surface area contributed by atoms with Crippen LogP contribution < -0.4 is 5.32 Å². The van der Waals surface area contributed by atoms with Crippen LogP contribution in [0.3, 0.4) is 0 Å². The average molecular weight is 323 g/mol. The van der Waals surface area contributed by atoms with Crippen molar-refractivity contribution in [3.63, 3.8) is 0 Å². The third-order valence-corrected chi connectivity index (χ3v) is 4.09. The number of nitrogens with one attached hydrogen (secondary N) is 1. The molecule has 0 saturated heterocycles. The average Bonchev–Trinajstić information content (AvgIpc) is 2.64. The van der Waals surface area contributed by atoms with E-state index in [1.54, 1.807) is 0 Å². The molecule has 0 fully saturated rings. The summed E-state index contributed by atoms with van der Waals surface area (Å²) in [6, 6.07) is 4.50. The van der Waals surface area contributed by atoms with Gasteiger partial charge in [-0.25, -0.2) is 4.68 Å². The second kappa shape index (κ2) is 5.84. The molecule has 0 aliphatic rings. The van der Waals surface area contributed by atoms with Gasteiger partial charge in [0.2, 0.25) is 0 Å². The Balaban J connectivity index is 2.30. The Morgan fingerprint density at radius 2 is 2.11 bits per heavy atom. The maximum Gasteiger partial charge on any atom is 0.0743 e. The number of aryl methyl sites for hydroxylation is 1. The monoisotopic (exact) mass is 322 g/mol. The quantitative estimate of drug-likeness (QED) is 0.940. The van der Waals surface area contributed by atoms with E-state index < -0.39 is 0 Å². The Hall–Kier alpha value is -1.20. The van der Waals surface area contributed by atoms with E-state index in [0.717, 1.165) is 33.8 Å². The normalized spacial score (nSPS) is 11.3. The Labute approximate surface area is 122 Å². The summed E-state index contributed by atoms with van der Waals surface area (Å²) in [7, 11) is 0. The Bertz CT molecular complexity index is 575. The summed E-state index contributed by atoms with van der Waals surface area (Å²) >= 11 is 3.55. The maximum atomic E-state index is 4.54. The third-order valence-electron chi connectivity index (χ3n) is 2.94. The summed E-state index contributed by atoms with van der Waals surface area (Å²) in [6.45, 7) is 9.07. The Morgan fingerprint density at radius 1 is 1.37 bits per heavy atom.